The van der Waals surface area contributed by atoms with E-state index in [1.54, 1.807) is 0 Å². The van der Waals surface area contributed by atoms with E-state index >= 15 is 0 Å². The van der Waals surface area contributed by atoms with Crippen molar-refractivity contribution in [3.8, 4) is 0 Å². The quantitative estimate of drug-likeness (QED) is 0.790. The van der Waals surface area contributed by atoms with Crippen molar-refractivity contribution in [2.75, 3.05) is 11.6 Å². The summed E-state index contributed by atoms with van der Waals surface area (Å²) in [5, 5.41) is 4.11. The van der Waals surface area contributed by atoms with E-state index in [-0.39, 0.29) is 11.9 Å². The largest absolute Gasteiger partial charge is 0.282 e. The third-order valence-electron chi connectivity index (χ3n) is 4.22. The molecule has 0 radical (unpaired) electrons. The molecule has 4 rings (SSSR count). The van der Waals surface area contributed by atoms with Gasteiger partial charge in [0.2, 0.25) is 5.91 Å². The van der Waals surface area contributed by atoms with Crippen molar-refractivity contribution in [1.82, 2.24) is 5.01 Å². The Morgan fingerprint density at radius 2 is 1.70 bits per heavy atom. The minimum absolute atomic E-state index is 0.126. The lowest BCUT2D eigenvalue weighted by Crippen LogP contribution is -2.46. The molecule has 1 atom stereocenters. The van der Waals surface area contributed by atoms with Gasteiger partial charge in [0.1, 0.15) is 0 Å². The number of rotatable bonds is 1. The van der Waals surface area contributed by atoms with Crippen LogP contribution in [0.25, 0.3) is 0 Å². The van der Waals surface area contributed by atoms with Crippen LogP contribution in [0.3, 0.4) is 0 Å². The van der Waals surface area contributed by atoms with E-state index in [0.29, 0.717) is 6.42 Å². The van der Waals surface area contributed by atoms with Gasteiger partial charge in [0.15, 0.2) is 0 Å². The zero-order valence-electron chi connectivity index (χ0n) is 11.2. The highest BCUT2D eigenvalue weighted by atomic mass is 16.2. The monoisotopic (exact) mass is 264 g/mol. The number of carbonyl (C=O) groups is 1. The number of hydrogen-bond donors (Lipinski definition) is 0. The Morgan fingerprint density at radius 1 is 0.950 bits per heavy atom. The number of nitrogens with zero attached hydrogens (tertiary/aromatic N) is 2. The molecule has 2 aliphatic rings. The average molecular weight is 264 g/mol. The van der Waals surface area contributed by atoms with Crippen LogP contribution in [-0.4, -0.2) is 17.5 Å². The van der Waals surface area contributed by atoms with Crippen LogP contribution in [-0.2, 0) is 11.2 Å². The van der Waals surface area contributed by atoms with Crippen molar-refractivity contribution >= 4 is 11.6 Å². The number of benzene rings is 2. The highest BCUT2D eigenvalue weighted by molar-refractivity contribution is 5.83. The minimum atomic E-state index is 0.126. The van der Waals surface area contributed by atoms with Crippen molar-refractivity contribution in [3.63, 3.8) is 0 Å². The van der Waals surface area contributed by atoms with Gasteiger partial charge in [0.05, 0.1) is 11.7 Å². The zero-order valence-corrected chi connectivity index (χ0v) is 11.2. The lowest BCUT2D eigenvalue weighted by molar-refractivity contribution is -0.130. The first kappa shape index (κ1) is 11.5. The number of fused-ring (bicyclic) bond motifs is 3. The highest BCUT2D eigenvalue weighted by Crippen LogP contribution is 2.40. The van der Waals surface area contributed by atoms with Gasteiger partial charge in [0.25, 0.3) is 0 Å². The second-order valence-electron chi connectivity index (χ2n) is 5.37. The van der Waals surface area contributed by atoms with Gasteiger partial charge in [-0.05, 0) is 17.2 Å². The molecule has 0 aliphatic carbocycles. The molecule has 100 valence electrons. The normalized spacial score (nSPS) is 20.8. The molecule has 1 unspecified atom stereocenters. The Hall–Kier alpha value is -2.29. The van der Waals surface area contributed by atoms with Crippen LogP contribution in [0.4, 0.5) is 5.69 Å². The van der Waals surface area contributed by atoms with E-state index in [1.165, 1.54) is 16.8 Å². The van der Waals surface area contributed by atoms with E-state index < -0.39 is 0 Å². The standard InChI is InChI=1S/C17H16N2O/c20-17-10-11-18-15-9-5-4-8-14(15)12-16(19(17)18)13-6-2-1-3-7-13/h1-9,16H,10-12H2. The second-order valence-corrected chi connectivity index (χ2v) is 5.37. The zero-order chi connectivity index (χ0) is 13.5. The lowest BCUT2D eigenvalue weighted by Gasteiger charge is -2.42. The summed E-state index contributed by atoms with van der Waals surface area (Å²) in [5.41, 5.74) is 3.72. The number of carbonyl (C=O) groups excluding carboxylic acids is 1. The molecule has 20 heavy (non-hydrogen) atoms. The van der Waals surface area contributed by atoms with Crippen LogP contribution >= 0.6 is 0 Å². The fraction of sp³-hybridized carbons (Fsp3) is 0.235. The van der Waals surface area contributed by atoms with Gasteiger partial charge in [-0.3, -0.25) is 9.80 Å². The summed E-state index contributed by atoms with van der Waals surface area (Å²) in [6.07, 6.45) is 1.50. The van der Waals surface area contributed by atoms with Gasteiger partial charge in [-0.1, -0.05) is 48.5 Å². The van der Waals surface area contributed by atoms with E-state index in [0.717, 1.165) is 13.0 Å². The van der Waals surface area contributed by atoms with E-state index in [4.69, 9.17) is 0 Å². The summed E-state index contributed by atoms with van der Waals surface area (Å²) in [6.45, 7) is 0.791. The molecule has 1 saturated heterocycles. The topological polar surface area (TPSA) is 23.6 Å². The van der Waals surface area contributed by atoms with Crippen molar-refractivity contribution in [3.05, 3.63) is 65.7 Å². The molecule has 2 aliphatic heterocycles. The molecule has 2 aromatic rings. The molecule has 0 bridgehead atoms. The van der Waals surface area contributed by atoms with Crippen molar-refractivity contribution in [2.24, 2.45) is 0 Å². The number of hydrazine groups is 1. The van der Waals surface area contributed by atoms with Gasteiger partial charge in [-0.15, -0.1) is 0 Å². The Kier molecular flexibility index (Phi) is 2.52. The Balaban J connectivity index is 1.83. The molecular formula is C17H16N2O. The molecule has 3 heteroatoms. The molecule has 0 aromatic heterocycles. The van der Waals surface area contributed by atoms with Crippen LogP contribution in [0.2, 0.25) is 0 Å². The van der Waals surface area contributed by atoms with E-state index in [9.17, 15) is 4.79 Å². The summed E-state index contributed by atoms with van der Waals surface area (Å²) >= 11 is 0. The third-order valence-corrected chi connectivity index (χ3v) is 4.22. The van der Waals surface area contributed by atoms with Gasteiger partial charge < -0.3 is 0 Å². The third kappa shape index (κ3) is 1.63. The summed E-state index contributed by atoms with van der Waals surface area (Å²) in [6, 6.07) is 18.9. The molecule has 0 spiro atoms. The van der Waals surface area contributed by atoms with Gasteiger partial charge in [-0.25, -0.2) is 5.01 Å². The van der Waals surface area contributed by atoms with Crippen molar-refractivity contribution < 1.29 is 4.79 Å². The number of anilines is 1. The fourth-order valence-corrected chi connectivity index (χ4v) is 3.30. The fourth-order valence-electron chi connectivity index (χ4n) is 3.30. The highest BCUT2D eigenvalue weighted by Gasteiger charge is 2.40. The summed E-state index contributed by atoms with van der Waals surface area (Å²) in [5.74, 6) is 0.230. The SMILES string of the molecule is O=C1CCN2c3ccccc3CC(c3ccccc3)N12. The number of para-hydroxylation sites is 1. The Labute approximate surface area is 118 Å². The molecule has 1 fully saturated rings. The first-order valence-electron chi connectivity index (χ1n) is 7.07. The summed E-state index contributed by atoms with van der Waals surface area (Å²) < 4.78 is 0. The molecule has 1 amide bonds. The van der Waals surface area contributed by atoms with Crippen molar-refractivity contribution in [1.29, 1.82) is 0 Å². The molecule has 0 saturated carbocycles. The maximum Gasteiger partial charge on any atom is 0.243 e. The maximum absolute atomic E-state index is 12.3. The smallest absolute Gasteiger partial charge is 0.243 e. The van der Waals surface area contributed by atoms with Crippen molar-refractivity contribution in [2.45, 2.75) is 18.9 Å². The van der Waals surface area contributed by atoms with Gasteiger partial charge in [-0.2, -0.15) is 0 Å². The first-order valence-corrected chi connectivity index (χ1v) is 7.07. The predicted octanol–water partition coefficient (Wildman–Crippen LogP) is 2.94. The number of amides is 1. The van der Waals surface area contributed by atoms with Crippen LogP contribution in [0, 0.1) is 0 Å². The molecule has 2 aromatic carbocycles. The molecule has 3 nitrogen and oxygen atoms in total. The Morgan fingerprint density at radius 3 is 2.55 bits per heavy atom. The predicted molar refractivity (Wildman–Crippen MR) is 78.1 cm³/mol. The van der Waals surface area contributed by atoms with Gasteiger partial charge >= 0.3 is 0 Å². The Bertz CT molecular complexity index is 653. The second kappa shape index (κ2) is 4.37. The average Bonchev–Trinajstić information content (AvgIpc) is 2.90. The van der Waals surface area contributed by atoms with Crippen LogP contribution in [0.1, 0.15) is 23.6 Å². The maximum atomic E-state index is 12.3. The summed E-state index contributed by atoms with van der Waals surface area (Å²) in [4.78, 5) is 12.3. The molecule has 0 N–H and O–H groups in total. The van der Waals surface area contributed by atoms with Gasteiger partial charge in [0, 0.05) is 19.4 Å². The van der Waals surface area contributed by atoms with Crippen LogP contribution in [0.5, 0.6) is 0 Å². The number of hydrogen-bond acceptors (Lipinski definition) is 2. The van der Waals surface area contributed by atoms with Crippen LogP contribution < -0.4 is 5.01 Å². The molecular weight excluding hydrogens is 248 g/mol. The molecule has 2 heterocycles. The lowest BCUT2D eigenvalue weighted by atomic mass is 9.95. The first-order chi connectivity index (χ1) is 9.84. The minimum Gasteiger partial charge on any atom is -0.282 e. The van der Waals surface area contributed by atoms with E-state index in [2.05, 4.69) is 35.3 Å². The summed E-state index contributed by atoms with van der Waals surface area (Å²) in [7, 11) is 0. The van der Waals surface area contributed by atoms with E-state index in [1.807, 2.05) is 29.3 Å². The van der Waals surface area contributed by atoms with Crippen LogP contribution in [0.15, 0.2) is 54.6 Å².